The summed E-state index contributed by atoms with van der Waals surface area (Å²) in [6.07, 6.45) is 6.64. The molecule has 2 aromatic carbocycles. The fourth-order valence-electron chi connectivity index (χ4n) is 4.67. The van der Waals surface area contributed by atoms with Crippen molar-refractivity contribution in [2.45, 2.75) is 58.0 Å². The number of hydrogen-bond acceptors (Lipinski definition) is 5. The molecule has 3 atom stereocenters. The van der Waals surface area contributed by atoms with Crippen LogP contribution < -0.4 is 14.8 Å². The van der Waals surface area contributed by atoms with E-state index in [4.69, 9.17) is 9.47 Å². The van der Waals surface area contributed by atoms with Gasteiger partial charge in [0.1, 0.15) is 0 Å². The molecule has 4 rings (SSSR count). The Morgan fingerprint density at radius 2 is 1.88 bits per heavy atom. The average molecular weight is 481 g/mol. The Bertz CT molecular complexity index is 1010. The van der Waals surface area contributed by atoms with Crippen molar-refractivity contribution in [3.63, 3.8) is 0 Å². The van der Waals surface area contributed by atoms with E-state index >= 15 is 0 Å². The van der Waals surface area contributed by atoms with Crippen molar-refractivity contribution in [2.75, 3.05) is 19.0 Å². The molecule has 5 nitrogen and oxygen atoms in total. The van der Waals surface area contributed by atoms with Crippen LogP contribution in [0.4, 0.5) is 5.69 Å². The van der Waals surface area contributed by atoms with Crippen molar-refractivity contribution < 1.29 is 14.3 Å². The number of carbonyl (C=O) groups is 1. The maximum Gasteiger partial charge on any atom is 0.262 e. The summed E-state index contributed by atoms with van der Waals surface area (Å²) in [6, 6.07) is 16.3. The van der Waals surface area contributed by atoms with Gasteiger partial charge in [0.2, 0.25) is 0 Å². The molecule has 1 aliphatic carbocycles. The predicted octanol–water partition coefficient (Wildman–Crippen LogP) is 6.62. The Hall–Kier alpha value is -2.60. The Balaban J connectivity index is 1.60. The first-order chi connectivity index (χ1) is 16.5. The van der Waals surface area contributed by atoms with Gasteiger partial charge in [-0.25, -0.2) is 0 Å². The number of nitrogens with one attached hydrogen (secondary N) is 1. The van der Waals surface area contributed by atoms with E-state index in [0.29, 0.717) is 24.2 Å². The highest BCUT2D eigenvalue weighted by Gasteiger charge is 2.42. The standard InChI is InChI=1S/C28H36N2O3S/c1-19(2)18-33-24-15-14-21(16-25(24)32-4)17-26-27(31)30(23-13-9-8-10-20(23)3)28(34-26)29-22-11-6-5-7-12-22/h5-7,11-12,14-17,19-20,23,28-29H,8-10,13,18H2,1-4H3/b26-17-/t20-,23+,28?/m0/s1. The van der Waals surface area contributed by atoms with E-state index in [0.717, 1.165) is 28.3 Å². The molecule has 1 aliphatic heterocycles. The second kappa shape index (κ2) is 11.2. The van der Waals surface area contributed by atoms with E-state index in [2.05, 4.69) is 43.1 Å². The van der Waals surface area contributed by atoms with Gasteiger partial charge in [-0.05, 0) is 60.6 Å². The quantitative estimate of drug-likeness (QED) is 0.430. The summed E-state index contributed by atoms with van der Waals surface area (Å²) in [5.74, 6) is 2.44. The van der Waals surface area contributed by atoms with Gasteiger partial charge in [-0.3, -0.25) is 4.79 Å². The number of amides is 1. The number of carbonyl (C=O) groups excluding carboxylic acids is 1. The van der Waals surface area contributed by atoms with E-state index in [9.17, 15) is 4.79 Å². The zero-order valence-corrected chi connectivity index (χ0v) is 21.4. The fraction of sp³-hybridized carbons (Fsp3) is 0.464. The average Bonchev–Trinajstić information content (AvgIpc) is 3.13. The minimum Gasteiger partial charge on any atom is -0.493 e. The molecule has 182 valence electrons. The normalized spacial score (nSPS) is 24.0. The Morgan fingerprint density at radius 3 is 2.59 bits per heavy atom. The lowest BCUT2D eigenvalue weighted by Gasteiger charge is -2.39. The number of rotatable bonds is 8. The minimum atomic E-state index is -0.123. The number of thioether (sulfide) groups is 1. The summed E-state index contributed by atoms with van der Waals surface area (Å²) in [7, 11) is 1.65. The molecule has 0 bridgehead atoms. The summed E-state index contributed by atoms with van der Waals surface area (Å²) in [5.41, 5.74) is 1.83. The Labute approximate surface area is 207 Å². The van der Waals surface area contributed by atoms with Gasteiger partial charge >= 0.3 is 0 Å². The highest BCUT2D eigenvalue weighted by atomic mass is 32.2. The minimum absolute atomic E-state index is 0.108. The summed E-state index contributed by atoms with van der Waals surface area (Å²) >= 11 is 1.60. The maximum absolute atomic E-state index is 13.7. The molecular formula is C28H36N2O3S. The zero-order chi connectivity index (χ0) is 24.1. The predicted molar refractivity (Wildman–Crippen MR) is 141 cm³/mol. The Morgan fingerprint density at radius 1 is 1.12 bits per heavy atom. The molecular weight excluding hydrogens is 444 g/mol. The van der Waals surface area contributed by atoms with Crippen molar-refractivity contribution in [3.8, 4) is 11.5 Å². The molecule has 1 heterocycles. The molecule has 1 N–H and O–H groups in total. The van der Waals surface area contributed by atoms with Crippen LogP contribution in [0, 0.1) is 11.8 Å². The number of nitrogens with zero attached hydrogens (tertiary/aromatic N) is 1. The molecule has 0 spiro atoms. The monoisotopic (exact) mass is 480 g/mol. The topological polar surface area (TPSA) is 50.8 Å². The zero-order valence-electron chi connectivity index (χ0n) is 20.6. The third kappa shape index (κ3) is 5.72. The van der Waals surface area contributed by atoms with Crippen LogP contribution in [0.2, 0.25) is 0 Å². The number of hydrogen-bond donors (Lipinski definition) is 1. The van der Waals surface area contributed by atoms with Gasteiger partial charge < -0.3 is 19.7 Å². The number of anilines is 1. The van der Waals surface area contributed by atoms with E-state index in [1.54, 1.807) is 18.9 Å². The maximum atomic E-state index is 13.7. The van der Waals surface area contributed by atoms with Gasteiger partial charge in [-0.2, -0.15) is 0 Å². The molecule has 0 radical (unpaired) electrons. The van der Waals surface area contributed by atoms with Crippen LogP contribution >= 0.6 is 11.8 Å². The molecule has 2 aromatic rings. The van der Waals surface area contributed by atoms with Gasteiger partial charge in [0, 0.05) is 11.7 Å². The first kappa shape index (κ1) is 24.5. The summed E-state index contributed by atoms with van der Waals surface area (Å²) in [6.45, 7) is 7.15. The molecule has 1 saturated carbocycles. The van der Waals surface area contributed by atoms with Crippen LogP contribution in [-0.2, 0) is 4.79 Å². The van der Waals surface area contributed by atoms with Crippen LogP contribution in [-0.4, -0.2) is 36.1 Å². The van der Waals surface area contributed by atoms with Gasteiger partial charge in [0.25, 0.3) is 5.91 Å². The molecule has 1 amide bonds. The third-order valence-corrected chi connectivity index (χ3v) is 7.60. The summed E-state index contributed by atoms with van der Waals surface area (Å²) in [4.78, 5) is 16.5. The van der Waals surface area contributed by atoms with Crippen molar-refractivity contribution >= 4 is 29.4 Å². The summed E-state index contributed by atoms with van der Waals surface area (Å²) in [5, 5.41) is 3.60. The second-order valence-corrected chi connectivity index (χ2v) is 10.8. The molecule has 2 fully saturated rings. The summed E-state index contributed by atoms with van der Waals surface area (Å²) < 4.78 is 11.5. The second-order valence-electron chi connectivity index (χ2n) is 9.65. The fourth-order valence-corrected chi connectivity index (χ4v) is 5.88. The highest BCUT2D eigenvalue weighted by Crippen LogP contribution is 2.42. The van der Waals surface area contributed by atoms with Crippen LogP contribution in [0.1, 0.15) is 52.0 Å². The SMILES string of the molecule is COc1cc(/C=C2\SC(Nc3ccccc3)N([C@@H]3CCCC[C@@H]3C)C2=O)ccc1OCC(C)C. The molecule has 1 unspecified atom stereocenters. The van der Waals surface area contributed by atoms with Gasteiger partial charge in [-0.15, -0.1) is 0 Å². The van der Waals surface area contributed by atoms with E-state index in [1.165, 1.54) is 19.3 Å². The largest absolute Gasteiger partial charge is 0.493 e. The van der Waals surface area contributed by atoms with Gasteiger partial charge in [-0.1, -0.05) is 69.6 Å². The molecule has 1 saturated heterocycles. The first-order valence-electron chi connectivity index (χ1n) is 12.3. The lowest BCUT2D eigenvalue weighted by Crippen LogP contribution is -2.48. The molecule has 2 aliphatic rings. The van der Waals surface area contributed by atoms with Crippen molar-refractivity contribution in [1.29, 1.82) is 0 Å². The highest BCUT2D eigenvalue weighted by molar-refractivity contribution is 8.05. The number of para-hydroxylation sites is 1. The van der Waals surface area contributed by atoms with E-state index in [-0.39, 0.29) is 17.4 Å². The molecule has 6 heteroatoms. The van der Waals surface area contributed by atoms with Gasteiger partial charge in [0.15, 0.2) is 17.0 Å². The van der Waals surface area contributed by atoms with Crippen LogP contribution in [0.5, 0.6) is 11.5 Å². The number of methoxy groups -OCH3 is 1. The smallest absolute Gasteiger partial charge is 0.262 e. The van der Waals surface area contributed by atoms with Crippen LogP contribution in [0.3, 0.4) is 0 Å². The van der Waals surface area contributed by atoms with E-state index < -0.39 is 0 Å². The third-order valence-electron chi connectivity index (χ3n) is 6.48. The molecule has 34 heavy (non-hydrogen) atoms. The molecule has 0 aromatic heterocycles. The first-order valence-corrected chi connectivity index (χ1v) is 13.2. The van der Waals surface area contributed by atoms with Crippen molar-refractivity contribution in [2.24, 2.45) is 11.8 Å². The van der Waals surface area contributed by atoms with E-state index in [1.807, 2.05) is 42.5 Å². The number of benzene rings is 2. The van der Waals surface area contributed by atoms with Crippen LogP contribution in [0.15, 0.2) is 53.4 Å². The van der Waals surface area contributed by atoms with Crippen LogP contribution in [0.25, 0.3) is 6.08 Å². The van der Waals surface area contributed by atoms with Crippen molar-refractivity contribution in [3.05, 3.63) is 59.0 Å². The lowest BCUT2D eigenvalue weighted by molar-refractivity contribution is -0.129. The number of ether oxygens (including phenoxy) is 2. The van der Waals surface area contributed by atoms with Crippen molar-refractivity contribution in [1.82, 2.24) is 4.90 Å². The lowest BCUT2D eigenvalue weighted by atomic mass is 9.85. The van der Waals surface area contributed by atoms with Gasteiger partial charge in [0.05, 0.1) is 18.6 Å². The Kier molecular flexibility index (Phi) is 8.09.